The van der Waals surface area contributed by atoms with Crippen molar-refractivity contribution < 1.29 is 18.4 Å². The fourth-order valence-electron chi connectivity index (χ4n) is 4.04. The van der Waals surface area contributed by atoms with E-state index in [4.69, 9.17) is 4.42 Å². The molecule has 0 saturated carbocycles. The Labute approximate surface area is 205 Å². The number of hydrogen-bond donors (Lipinski definition) is 1. The summed E-state index contributed by atoms with van der Waals surface area (Å²) in [6.45, 7) is -0.133. The zero-order valence-corrected chi connectivity index (χ0v) is 19.1. The third kappa shape index (κ3) is 4.72. The zero-order chi connectivity index (χ0) is 24.9. The maximum atomic E-state index is 15.1. The van der Waals surface area contributed by atoms with E-state index in [0.717, 1.165) is 0 Å². The standard InChI is InChI=1S/C27H22FN5O3/c28-21-12-4-6-14-23(21)33(25(34)18-32-24-15-7-5-13-22(24)30-31-32)26(19-9-2-1-3-10-19)27(35)29-17-20-11-8-16-36-20/h1-16,26H,17-18H2,(H,29,35)/t26-/m1/s1. The van der Waals surface area contributed by atoms with Gasteiger partial charge in [0.05, 0.1) is 24.0 Å². The topological polar surface area (TPSA) is 93.3 Å². The van der Waals surface area contributed by atoms with Crippen LogP contribution in [-0.2, 0) is 22.7 Å². The molecule has 0 aliphatic heterocycles. The van der Waals surface area contributed by atoms with Gasteiger partial charge in [0.2, 0.25) is 11.8 Å². The minimum atomic E-state index is -1.15. The van der Waals surface area contributed by atoms with Crippen molar-refractivity contribution in [2.24, 2.45) is 0 Å². The number of nitrogens with one attached hydrogen (secondary N) is 1. The van der Waals surface area contributed by atoms with E-state index in [-0.39, 0.29) is 18.8 Å². The molecule has 8 nitrogen and oxygen atoms in total. The largest absolute Gasteiger partial charge is 0.467 e. The number of amides is 2. The summed E-state index contributed by atoms with van der Waals surface area (Å²) in [6, 6.07) is 24.2. The number of fused-ring (bicyclic) bond motifs is 1. The minimum Gasteiger partial charge on any atom is -0.467 e. The number of furan rings is 1. The van der Waals surface area contributed by atoms with Gasteiger partial charge in [-0.25, -0.2) is 9.07 Å². The Morgan fingerprint density at radius 1 is 0.944 bits per heavy atom. The third-order valence-electron chi connectivity index (χ3n) is 5.72. The molecule has 0 fully saturated rings. The van der Waals surface area contributed by atoms with E-state index in [1.54, 1.807) is 60.7 Å². The molecule has 3 aromatic carbocycles. The van der Waals surface area contributed by atoms with Gasteiger partial charge in [-0.1, -0.05) is 59.8 Å². The molecular weight excluding hydrogens is 461 g/mol. The SMILES string of the molecule is O=C(NCc1ccco1)[C@@H](c1ccccc1)N(C(=O)Cn1nnc2ccccc21)c1ccccc1F. The summed E-state index contributed by atoms with van der Waals surface area (Å²) in [4.78, 5) is 28.6. The van der Waals surface area contributed by atoms with E-state index < -0.39 is 23.7 Å². The highest BCUT2D eigenvalue weighted by atomic mass is 19.1. The first-order valence-corrected chi connectivity index (χ1v) is 11.3. The average Bonchev–Trinajstić information content (AvgIpc) is 3.57. The lowest BCUT2D eigenvalue weighted by Crippen LogP contribution is -2.45. The normalized spacial score (nSPS) is 11.8. The van der Waals surface area contributed by atoms with Gasteiger partial charge in [-0.3, -0.25) is 14.5 Å². The molecule has 5 aromatic rings. The van der Waals surface area contributed by atoms with Crippen LogP contribution in [-0.4, -0.2) is 26.8 Å². The van der Waals surface area contributed by atoms with Crippen molar-refractivity contribution in [2.45, 2.75) is 19.1 Å². The number of para-hydroxylation sites is 2. The van der Waals surface area contributed by atoms with Gasteiger partial charge in [0.1, 0.15) is 29.7 Å². The van der Waals surface area contributed by atoms with Crippen molar-refractivity contribution in [2.75, 3.05) is 4.90 Å². The fourth-order valence-corrected chi connectivity index (χ4v) is 4.04. The molecule has 1 N–H and O–H groups in total. The Balaban J connectivity index is 1.55. The van der Waals surface area contributed by atoms with Crippen LogP contribution < -0.4 is 10.2 Å². The molecule has 2 amide bonds. The van der Waals surface area contributed by atoms with Crippen LogP contribution in [0.4, 0.5) is 10.1 Å². The minimum absolute atomic E-state index is 0.0195. The Bertz CT molecular complexity index is 1480. The number of carbonyl (C=O) groups is 2. The van der Waals surface area contributed by atoms with Crippen LogP contribution in [0.25, 0.3) is 11.0 Å². The summed E-state index contributed by atoms with van der Waals surface area (Å²) in [5.41, 5.74) is 1.78. The maximum Gasteiger partial charge on any atom is 0.249 e. The Hall–Kier alpha value is -4.79. The molecule has 2 aromatic heterocycles. The predicted molar refractivity (Wildman–Crippen MR) is 131 cm³/mol. The molecule has 0 saturated heterocycles. The molecular formula is C27H22FN5O3. The van der Waals surface area contributed by atoms with Gasteiger partial charge in [0, 0.05) is 0 Å². The van der Waals surface area contributed by atoms with Crippen molar-refractivity contribution in [3.63, 3.8) is 0 Å². The van der Waals surface area contributed by atoms with Crippen LogP contribution in [0, 0.1) is 5.82 Å². The van der Waals surface area contributed by atoms with E-state index in [1.165, 1.54) is 34.0 Å². The Morgan fingerprint density at radius 2 is 1.69 bits per heavy atom. The highest BCUT2D eigenvalue weighted by Crippen LogP contribution is 2.30. The first kappa shape index (κ1) is 23.0. The highest BCUT2D eigenvalue weighted by molar-refractivity contribution is 6.01. The van der Waals surface area contributed by atoms with E-state index in [2.05, 4.69) is 15.6 Å². The lowest BCUT2D eigenvalue weighted by molar-refractivity contribution is -0.127. The zero-order valence-electron chi connectivity index (χ0n) is 19.1. The molecule has 1 atom stereocenters. The molecule has 0 unspecified atom stereocenters. The first-order valence-electron chi connectivity index (χ1n) is 11.3. The monoisotopic (exact) mass is 483 g/mol. The number of anilines is 1. The Morgan fingerprint density at radius 3 is 2.47 bits per heavy atom. The van der Waals surface area contributed by atoms with Crippen molar-refractivity contribution in [1.29, 1.82) is 0 Å². The first-order chi connectivity index (χ1) is 17.6. The number of halogens is 1. The third-order valence-corrected chi connectivity index (χ3v) is 5.72. The summed E-state index contributed by atoms with van der Waals surface area (Å²) in [5, 5.41) is 11.0. The van der Waals surface area contributed by atoms with E-state index in [0.29, 0.717) is 22.4 Å². The molecule has 0 radical (unpaired) electrons. The number of carbonyl (C=O) groups excluding carboxylic acids is 2. The van der Waals surface area contributed by atoms with Crippen molar-refractivity contribution in [3.8, 4) is 0 Å². The van der Waals surface area contributed by atoms with Crippen molar-refractivity contribution in [3.05, 3.63) is 114 Å². The van der Waals surface area contributed by atoms with Crippen LogP contribution in [0.3, 0.4) is 0 Å². The fraction of sp³-hybridized carbons (Fsp3) is 0.111. The van der Waals surface area contributed by atoms with E-state index >= 15 is 4.39 Å². The molecule has 0 aliphatic carbocycles. The molecule has 0 spiro atoms. The summed E-state index contributed by atoms with van der Waals surface area (Å²) in [5.74, 6) is -1.10. The van der Waals surface area contributed by atoms with Crippen LogP contribution in [0.1, 0.15) is 17.4 Å². The highest BCUT2D eigenvalue weighted by Gasteiger charge is 2.34. The van der Waals surface area contributed by atoms with E-state index in [1.807, 2.05) is 12.1 Å². The van der Waals surface area contributed by atoms with Crippen molar-refractivity contribution >= 4 is 28.5 Å². The number of hydrogen-bond acceptors (Lipinski definition) is 5. The van der Waals surface area contributed by atoms with Gasteiger partial charge in [0.15, 0.2) is 0 Å². The number of benzene rings is 3. The van der Waals surface area contributed by atoms with Crippen molar-refractivity contribution in [1.82, 2.24) is 20.3 Å². The molecule has 0 aliphatic rings. The number of rotatable bonds is 8. The molecule has 180 valence electrons. The van der Waals surface area contributed by atoms with Crippen LogP contribution in [0.15, 0.2) is 102 Å². The summed E-state index contributed by atoms with van der Waals surface area (Å²) in [7, 11) is 0. The van der Waals surface area contributed by atoms with Crippen LogP contribution >= 0.6 is 0 Å². The van der Waals surface area contributed by atoms with Gasteiger partial charge in [0.25, 0.3) is 0 Å². The van der Waals surface area contributed by atoms with E-state index in [9.17, 15) is 9.59 Å². The quantitative estimate of drug-likeness (QED) is 0.356. The second-order valence-corrected chi connectivity index (χ2v) is 8.06. The lowest BCUT2D eigenvalue weighted by atomic mass is 10.0. The maximum absolute atomic E-state index is 15.1. The average molecular weight is 484 g/mol. The van der Waals surface area contributed by atoms with Gasteiger partial charge in [-0.05, 0) is 42.0 Å². The van der Waals surface area contributed by atoms with Crippen LogP contribution in [0.5, 0.6) is 0 Å². The van der Waals surface area contributed by atoms with Gasteiger partial charge >= 0.3 is 0 Å². The summed E-state index contributed by atoms with van der Waals surface area (Å²) in [6.07, 6.45) is 1.51. The molecule has 36 heavy (non-hydrogen) atoms. The second kappa shape index (κ2) is 10.2. The summed E-state index contributed by atoms with van der Waals surface area (Å²) >= 11 is 0. The summed E-state index contributed by atoms with van der Waals surface area (Å²) < 4.78 is 21.9. The molecule has 9 heteroatoms. The molecule has 5 rings (SSSR count). The second-order valence-electron chi connectivity index (χ2n) is 8.06. The smallest absolute Gasteiger partial charge is 0.249 e. The molecule has 0 bridgehead atoms. The predicted octanol–water partition coefficient (Wildman–Crippen LogP) is 4.25. The van der Waals surface area contributed by atoms with Crippen LogP contribution in [0.2, 0.25) is 0 Å². The Kier molecular flexibility index (Phi) is 6.53. The number of aromatic nitrogens is 3. The number of nitrogens with zero attached hydrogens (tertiary/aromatic N) is 4. The van der Waals surface area contributed by atoms with Gasteiger partial charge in [-0.2, -0.15) is 0 Å². The lowest BCUT2D eigenvalue weighted by Gasteiger charge is -2.31. The van der Waals surface area contributed by atoms with Gasteiger partial charge < -0.3 is 9.73 Å². The molecule has 2 heterocycles. The van der Waals surface area contributed by atoms with Gasteiger partial charge in [-0.15, -0.1) is 5.10 Å².